The highest BCUT2D eigenvalue weighted by molar-refractivity contribution is 6.29. The summed E-state index contributed by atoms with van der Waals surface area (Å²) < 4.78 is 2.36. The van der Waals surface area contributed by atoms with E-state index < -0.39 is 0 Å². The highest BCUT2D eigenvalue weighted by Gasteiger charge is 2.29. The lowest BCUT2D eigenvalue weighted by Crippen LogP contribution is -2.42. The second-order valence-corrected chi connectivity index (χ2v) is 12.0. The first-order valence-corrected chi connectivity index (χ1v) is 15.5. The number of benzene rings is 6. The van der Waals surface area contributed by atoms with Crippen LogP contribution < -0.4 is 5.32 Å². The monoisotopic (exact) mass is 573 g/mol. The van der Waals surface area contributed by atoms with Crippen LogP contribution in [0.15, 0.2) is 162 Å². The quantitative estimate of drug-likeness (QED) is 0.219. The fraction of sp³-hybridized carbons (Fsp3) is 0.0238. The molecule has 1 aliphatic heterocycles. The van der Waals surface area contributed by atoms with Gasteiger partial charge in [0.1, 0.15) is 0 Å². The molecule has 0 saturated carbocycles. The Morgan fingerprint density at radius 2 is 1.24 bits per heavy atom. The summed E-state index contributed by atoms with van der Waals surface area (Å²) in [5.74, 6) is 0.841. The zero-order chi connectivity index (χ0) is 29.5. The third kappa shape index (κ3) is 3.49. The molecule has 10 rings (SSSR count). The number of aromatic nitrogens is 1. The van der Waals surface area contributed by atoms with Crippen molar-refractivity contribution >= 4 is 44.2 Å². The van der Waals surface area contributed by atoms with Crippen molar-refractivity contribution in [3.05, 3.63) is 163 Å². The Hall–Kier alpha value is -5.93. The first-order chi connectivity index (χ1) is 22.3. The number of allylic oxidation sites excluding steroid dienone is 2. The molecule has 3 aliphatic rings. The van der Waals surface area contributed by atoms with Crippen LogP contribution in [-0.2, 0) is 0 Å². The average Bonchev–Trinajstić information content (AvgIpc) is 3.62. The summed E-state index contributed by atoms with van der Waals surface area (Å²) in [6.45, 7) is 0. The Morgan fingerprint density at radius 3 is 2.11 bits per heavy atom. The number of aliphatic imine (C=N–C) groups is 1. The SMILES string of the molecule is C1=CC2=C(c3ccc(-c4ccccc4)cc3)N=C(n3c4ccccc4c4cc5c6c(cccc6c43)-c3ccccc3-5)NC2C=C1. The van der Waals surface area contributed by atoms with E-state index in [1.54, 1.807) is 0 Å². The molecule has 45 heavy (non-hydrogen) atoms. The Kier molecular flexibility index (Phi) is 5.06. The van der Waals surface area contributed by atoms with Crippen molar-refractivity contribution in [1.82, 2.24) is 9.88 Å². The molecular weight excluding hydrogens is 546 g/mol. The normalized spacial score (nSPS) is 16.3. The zero-order valence-corrected chi connectivity index (χ0v) is 24.4. The van der Waals surface area contributed by atoms with Gasteiger partial charge in [0, 0.05) is 27.3 Å². The summed E-state index contributed by atoms with van der Waals surface area (Å²) in [5.41, 5.74) is 13.3. The molecule has 210 valence electrons. The summed E-state index contributed by atoms with van der Waals surface area (Å²) in [6.07, 6.45) is 8.66. The predicted octanol–water partition coefficient (Wildman–Crippen LogP) is 9.98. The molecule has 1 N–H and O–H groups in total. The van der Waals surface area contributed by atoms with E-state index >= 15 is 0 Å². The van der Waals surface area contributed by atoms with Gasteiger partial charge in [0.25, 0.3) is 0 Å². The first-order valence-electron chi connectivity index (χ1n) is 15.5. The van der Waals surface area contributed by atoms with Gasteiger partial charge in [-0.2, -0.15) is 0 Å². The molecule has 7 aromatic rings. The summed E-state index contributed by atoms with van der Waals surface area (Å²) in [4.78, 5) is 5.45. The Morgan fingerprint density at radius 1 is 0.556 bits per heavy atom. The van der Waals surface area contributed by atoms with E-state index in [-0.39, 0.29) is 6.04 Å². The number of nitrogens with zero attached hydrogens (tertiary/aromatic N) is 2. The van der Waals surface area contributed by atoms with Crippen LogP contribution in [0.1, 0.15) is 5.56 Å². The van der Waals surface area contributed by atoms with E-state index in [1.807, 2.05) is 0 Å². The molecule has 0 saturated heterocycles. The van der Waals surface area contributed by atoms with E-state index in [1.165, 1.54) is 66.0 Å². The number of nitrogens with one attached hydrogen (secondary N) is 1. The standard InChI is InChI=1S/C42H27N3/c1-2-11-26(12-3-1)27-21-23-28(24-22-27)40-33-16-6-8-19-37(33)43-42(44-40)45-38-20-9-7-15-31(38)36-25-35-30-14-5-4-13-29(30)32-17-10-18-34(39(32)35)41(36)45/h1-25,37H,(H,43,44). The van der Waals surface area contributed by atoms with Gasteiger partial charge in [0.2, 0.25) is 5.96 Å². The molecule has 0 fully saturated rings. The van der Waals surface area contributed by atoms with Crippen molar-refractivity contribution in [3.8, 4) is 33.4 Å². The number of hydrogen-bond donors (Lipinski definition) is 1. The van der Waals surface area contributed by atoms with Gasteiger partial charge < -0.3 is 5.32 Å². The van der Waals surface area contributed by atoms with E-state index in [4.69, 9.17) is 4.99 Å². The molecule has 0 spiro atoms. The highest BCUT2D eigenvalue weighted by Crippen LogP contribution is 2.50. The lowest BCUT2D eigenvalue weighted by atomic mass is 9.94. The lowest BCUT2D eigenvalue weighted by molar-refractivity contribution is 0.805. The maximum absolute atomic E-state index is 5.45. The fourth-order valence-corrected chi connectivity index (χ4v) is 7.58. The van der Waals surface area contributed by atoms with Gasteiger partial charge in [-0.3, -0.25) is 4.57 Å². The molecular formula is C42H27N3. The van der Waals surface area contributed by atoms with Crippen molar-refractivity contribution in [2.24, 2.45) is 4.99 Å². The van der Waals surface area contributed by atoms with Crippen molar-refractivity contribution in [3.63, 3.8) is 0 Å². The van der Waals surface area contributed by atoms with Crippen molar-refractivity contribution in [1.29, 1.82) is 0 Å². The molecule has 0 radical (unpaired) electrons. The van der Waals surface area contributed by atoms with Crippen LogP contribution in [-0.4, -0.2) is 16.6 Å². The van der Waals surface area contributed by atoms with Gasteiger partial charge in [0.15, 0.2) is 0 Å². The first kappa shape index (κ1) is 24.5. The van der Waals surface area contributed by atoms with Gasteiger partial charge in [-0.15, -0.1) is 0 Å². The second kappa shape index (κ2) is 9.28. The van der Waals surface area contributed by atoms with E-state index in [9.17, 15) is 0 Å². The minimum Gasteiger partial charge on any atom is -0.345 e. The minimum absolute atomic E-state index is 0.0172. The van der Waals surface area contributed by atoms with Crippen LogP contribution >= 0.6 is 0 Å². The van der Waals surface area contributed by atoms with Crippen molar-refractivity contribution in [2.45, 2.75) is 6.04 Å². The van der Waals surface area contributed by atoms with Gasteiger partial charge in [-0.05, 0) is 50.9 Å². The van der Waals surface area contributed by atoms with Gasteiger partial charge in [0.05, 0.1) is 22.8 Å². The zero-order valence-electron chi connectivity index (χ0n) is 24.4. The molecule has 2 heterocycles. The number of rotatable bonds is 2. The van der Waals surface area contributed by atoms with Crippen molar-refractivity contribution < 1.29 is 0 Å². The number of para-hydroxylation sites is 1. The minimum atomic E-state index is 0.0172. The molecule has 3 nitrogen and oxygen atoms in total. The van der Waals surface area contributed by atoms with Crippen LogP contribution in [0.25, 0.3) is 71.7 Å². The molecule has 3 heteroatoms. The maximum Gasteiger partial charge on any atom is 0.209 e. The molecule has 0 bridgehead atoms. The van der Waals surface area contributed by atoms with E-state index in [0.717, 1.165) is 22.7 Å². The third-order valence-electron chi connectivity index (χ3n) is 9.58. The van der Waals surface area contributed by atoms with Crippen LogP contribution in [0.5, 0.6) is 0 Å². The summed E-state index contributed by atoms with van der Waals surface area (Å²) in [6, 6.07) is 46.1. The van der Waals surface area contributed by atoms with Crippen LogP contribution in [0.4, 0.5) is 0 Å². The lowest BCUT2D eigenvalue weighted by Gasteiger charge is -2.29. The fourth-order valence-electron chi connectivity index (χ4n) is 7.58. The van der Waals surface area contributed by atoms with Gasteiger partial charge in [-0.1, -0.05) is 140 Å². The van der Waals surface area contributed by atoms with E-state index in [0.29, 0.717) is 0 Å². The predicted molar refractivity (Wildman–Crippen MR) is 188 cm³/mol. The third-order valence-corrected chi connectivity index (χ3v) is 9.58. The molecule has 6 aromatic carbocycles. The Bertz CT molecular complexity index is 2490. The second-order valence-electron chi connectivity index (χ2n) is 12.0. The number of fused-ring (bicyclic) bond motifs is 8. The van der Waals surface area contributed by atoms with Gasteiger partial charge in [-0.25, -0.2) is 4.99 Å². The van der Waals surface area contributed by atoms with Crippen LogP contribution in [0.3, 0.4) is 0 Å². The summed E-state index contributed by atoms with van der Waals surface area (Å²) >= 11 is 0. The van der Waals surface area contributed by atoms with E-state index in [2.05, 4.69) is 162 Å². The Balaban J connectivity index is 1.23. The van der Waals surface area contributed by atoms with Crippen LogP contribution in [0.2, 0.25) is 0 Å². The molecule has 1 unspecified atom stereocenters. The summed E-state index contributed by atoms with van der Waals surface area (Å²) in [7, 11) is 0. The van der Waals surface area contributed by atoms with Crippen LogP contribution in [0, 0.1) is 0 Å². The molecule has 1 aromatic heterocycles. The van der Waals surface area contributed by atoms with Crippen molar-refractivity contribution in [2.75, 3.05) is 0 Å². The average molecular weight is 574 g/mol. The topological polar surface area (TPSA) is 29.3 Å². The molecule has 1 atom stereocenters. The Labute approximate surface area is 260 Å². The number of hydrogen-bond acceptors (Lipinski definition) is 2. The largest absolute Gasteiger partial charge is 0.345 e. The molecule has 2 aliphatic carbocycles. The molecule has 0 amide bonds. The highest BCUT2D eigenvalue weighted by atomic mass is 15.2. The summed E-state index contributed by atoms with van der Waals surface area (Å²) in [5, 5.41) is 8.87. The smallest absolute Gasteiger partial charge is 0.209 e. The maximum atomic E-state index is 5.45. The van der Waals surface area contributed by atoms with Gasteiger partial charge >= 0.3 is 0 Å².